The molecule has 0 aliphatic heterocycles. The number of hydrogen-bond donors (Lipinski definition) is 2. The highest BCUT2D eigenvalue weighted by Gasteiger charge is 2.22. The van der Waals surface area contributed by atoms with Crippen molar-refractivity contribution in [1.82, 2.24) is 30.0 Å². The SMILES string of the molecule is Nc1nn2c(-c3n[nH]c4c3CCCC4)nnc2s1. The van der Waals surface area contributed by atoms with E-state index in [4.69, 9.17) is 5.73 Å². The molecule has 0 bridgehead atoms. The van der Waals surface area contributed by atoms with Crippen molar-refractivity contribution in [3.8, 4) is 11.5 Å². The fourth-order valence-electron chi connectivity index (χ4n) is 2.45. The van der Waals surface area contributed by atoms with Gasteiger partial charge in [0.15, 0.2) is 0 Å². The van der Waals surface area contributed by atoms with Gasteiger partial charge in [0.2, 0.25) is 15.9 Å². The van der Waals surface area contributed by atoms with E-state index in [0.29, 0.717) is 15.9 Å². The van der Waals surface area contributed by atoms with Crippen LogP contribution in [0.15, 0.2) is 0 Å². The lowest BCUT2D eigenvalue weighted by molar-refractivity contribution is 0.675. The number of aromatic nitrogens is 6. The predicted molar refractivity (Wildman–Crippen MR) is 67.3 cm³/mol. The van der Waals surface area contributed by atoms with E-state index >= 15 is 0 Å². The van der Waals surface area contributed by atoms with Crippen molar-refractivity contribution in [3.05, 3.63) is 11.3 Å². The minimum absolute atomic E-state index is 0.491. The topological polar surface area (TPSA) is 97.8 Å². The third kappa shape index (κ3) is 1.29. The first-order chi connectivity index (χ1) is 8.83. The van der Waals surface area contributed by atoms with Gasteiger partial charge < -0.3 is 5.73 Å². The zero-order chi connectivity index (χ0) is 12.1. The summed E-state index contributed by atoms with van der Waals surface area (Å²) < 4.78 is 1.67. The van der Waals surface area contributed by atoms with Crippen molar-refractivity contribution in [2.45, 2.75) is 25.7 Å². The molecule has 0 unspecified atom stereocenters. The van der Waals surface area contributed by atoms with E-state index in [-0.39, 0.29) is 0 Å². The smallest absolute Gasteiger partial charge is 0.236 e. The van der Waals surface area contributed by atoms with Gasteiger partial charge in [-0.15, -0.1) is 15.3 Å². The van der Waals surface area contributed by atoms with Crippen LogP contribution in [0.4, 0.5) is 5.13 Å². The Kier molecular flexibility index (Phi) is 1.95. The Labute approximate surface area is 106 Å². The van der Waals surface area contributed by atoms with E-state index in [9.17, 15) is 0 Å². The van der Waals surface area contributed by atoms with Crippen LogP contribution in [0.5, 0.6) is 0 Å². The number of H-pyrrole nitrogens is 1. The van der Waals surface area contributed by atoms with Crippen LogP contribution in [-0.4, -0.2) is 30.0 Å². The lowest BCUT2D eigenvalue weighted by Crippen LogP contribution is -2.02. The van der Waals surface area contributed by atoms with Crippen molar-refractivity contribution in [3.63, 3.8) is 0 Å². The third-order valence-corrected chi connectivity index (χ3v) is 4.00. The fraction of sp³-hybridized carbons (Fsp3) is 0.400. The molecule has 0 amide bonds. The molecule has 4 rings (SSSR count). The highest BCUT2D eigenvalue weighted by atomic mass is 32.1. The van der Waals surface area contributed by atoms with Gasteiger partial charge in [0, 0.05) is 11.3 Å². The number of nitrogens with zero attached hydrogens (tertiary/aromatic N) is 5. The van der Waals surface area contributed by atoms with E-state index < -0.39 is 0 Å². The van der Waals surface area contributed by atoms with Gasteiger partial charge in [0.05, 0.1) is 0 Å². The highest BCUT2D eigenvalue weighted by Crippen LogP contribution is 2.29. The van der Waals surface area contributed by atoms with Gasteiger partial charge in [-0.1, -0.05) is 11.3 Å². The maximum atomic E-state index is 5.69. The van der Waals surface area contributed by atoms with Crippen LogP contribution >= 0.6 is 11.3 Å². The number of aryl methyl sites for hydroxylation is 1. The number of fused-ring (bicyclic) bond motifs is 2. The van der Waals surface area contributed by atoms with Gasteiger partial charge in [0.1, 0.15) is 5.69 Å². The molecule has 1 aliphatic rings. The van der Waals surface area contributed by atoms with E-state index in [1.54, 1.807) is 4.52 Å². The van der Waals surface area contributed by atoms with Crippen LogP contribution < -0.4 is 5.73 Å². The molecule has 8 heteroatoms. The first-order valence-corrected chi connectivity index (χ1v) is 6.69. The summed E-state index contributed by atoms with van der Waals surface area (Å²) in [5.41, 5.74) is 9.02. The van der Waals surface area contributed by atoms with Gasteiger partial charge in [-0.05, 0) is 25.7 Å². The van der Waals surface area contributed by atoms with Crippen LogP contribution in [0.3, 0.4) is 0 Å². The Morgan fingerprint density at radius 2 is 2.11 bits per heavy atom. The van der Waals surface area contributed by atoms with Crippen molar-refractivity contribution < 1.29 is 0 Å². The minimum Gasteiger partial charge on any atom is -0.374 e. The number of aromatic amines is 1. The maximum Gasteiger partial charge on any atom is 0.236 e. The Balaban J connectivity index is 1.94. The van der Waals surface area contributed by atoms with E-state index in [0.717, 1.165) is 18.5 Å². The lowest BCUT2D eigenvalue weighted by atomic mass is 9.96. The summed E-state index contributed by atoms with van der Waals surface area (Å²) in [7, 11) is 0. The normalized spacial score (nSPS) is 15.1. The molecule has 0 radical (unpaired) electrons. The second-order valence-corrected chi connectivity index (χ2v) is 5.38. The second-order valence-electron chi connectivity index (χ2n) is 4.39. The molecule has 0 saturated heterocycles. The first kappa shape index (κ1) is 10.0. The Hall–Kier alpha value is -1.96. The van der Waals surface area contributed by atoms with E-state index in [1.165, 1.54) is 35.4 Å². The van der Waals surface area contributed by atoms with Crippen molar-refractivity contribution in [1.29, 1.82) is 0 Å². The number of nitrogens with two attached hydrogens (primary N) is 1. The largest absolute Gasteiger partial charge is 0.374 e. The zero-order valence-electron chi connectivity index (χ0n) is 9.55. The molecule has 18 heavy (non-hydrogen) atoms. The van der Waals surface area contributed by atoms with Crippen molar-refractivity contribution >= 4 is 21.4 Å². The van der Waals surface area contributed by atoms with Crippen LogP contribution in [-0.2, 0) is 12.8 Å². The van der Waals surface area contributed by atoms with Crippen molar-refractivity contribution in [2.75, 3.05) is 5.73 Å². The molecule has 0 atom stereocenters. The quantitative estimate of drug-likeness (QED) is 0.682. The summed E-state index contributed by atoms with van der Waals surface area (Å²) in [5, 5.41) is 20.4. The second kappa shape index (κ2) is 3.52. The molecular formula is C10H11N7S. The number of hydrogen-bond acceptors (Lipinski definition) is 6. The van der Waals surface area contributed by atoms with Crippen LogP contribution in [0.25, 0.3) is 16.5 Å². The third-order valence-electron chi connectivity index (χ3n) is 3.27. The Morgan fingerprint density at radius 3 is 3.06 bits per heavy atom. The van der Waals surface area contributed by atoms with Gasteiger partial charge in [-0.2, -0.15) is 9.61 Å². The number of rotatable bonds is 1. The van der Waals surface area contributed by atoms with Gasteiger partial charge >= 0.3 is 0 Å². The standard InChI is InChI=1S/C10H11N7S/c11-9-16-17-8(14-15-10(17)18-9)7-5-3-1-2-4-6(5)12-13-7/h1-4H2,(H2,11,16)(H,12,13). The summed E-state index contributed by atoms with van der Waals surface area (Å²) in [5.74, 6) is 0.678. The lowest BCUT2D eigenvalue weighted by Gasteiger charge is -2.09. The summed E-state index contributed by atoms with van der Waals surface area (Å²) >= 11 is 1.33. The molecule has 7 nitrogen and oxygen atoms in total. The molecule has 0 saturated carbocycles. The summed E-state index contributed by atoms with van der Waals surface area (Å²) in [6.07, 6.45) is 4.51. The average molecular weight is 261 g/mol. The molecule has 0 aromatic carbocycles. The first-order valence-electron chi connectivity index (χ1n) is 5.87. The molecular weight excluding hydrogens is 250 g/mol. The average Bonchev–Trinajstić information content (AvgIpc) is 3.02. The molecule has 1 aliphatic carbocycles. The summed E-state index contributed by atoms with van der Waals surface area (Å²) in [6.45, 7) is 0. The number of nitrogens with one attached hydrogen (secondary N) is 1. The highest BCUT2D eigenvalue weighted by molar-refractivity contribution is 7.20. The minimum atomic E-state index is 0.491. The van der Waals surface area contributed by atoms with E-state index in [1.807, 2.05) is 0 Å². The Morgan fingerprint density at radius 1 is 1.22 bits per heavy atom. The zero-order valence-corrected chi connectivity index (χ0v) is 10.4. The molecule has 0 fully saturated rings. The monoisotopic (exact) mass is 261 g/mol. The molecule has 0 spiro atoms. The van der Waals surface area contributed by atoms with Crippen LogP contribution in [0.2, 0.25) is 0 Å². The molecule has 3 heterocycles. The van der Waals surface area contributed by atoms with Crippen molar-refractivity contribution in [2.24, 2.45) is 0 Å². The predicted octanol–water partition coefficient (Wildman–Crippen LogP) is 1.04. The van der Waals surface area contributed by atoms with E-state index in [2.05, 4.69) is 25.5 Å². The van der Waals surface area contributed by atoms with Gasteiger partial charge in [0.25, 0.3) is 0 Å². The number of nitrogen functional groups attached to an aromatic ring is 1. The number of anilines is 1. The molecule has 3 aromatic heterocycles. The molecule has 3 aromatic rings. The van der Waals surface area contributed by atoms with Crippen LogP contribution in [0.1, 0.15) is 24.1 Å². The molecule has 92 valence electrons. The van der Waals surface area contributed by atoms with Gasteiger partial charge in [-0.3, -0.25) is 5.10 Å². The Bertz CT molecular complexity index is 722. The summed E-state index contributed by atoms with van der Waals surface area (Å²) in [4.78, 5) is 0.704. The summed E-state index contributed by atoms with van der Waals surface area (Å²) in [6, 6.07) is 0. The maximum absolute atomic E-state index is 5.69. The molecule has 3 N–H and O–H groups in total. The van der Waals surface area contributed by atoms with Crippen LogP contribution in [0, 0.1) is 0 Å². The fourth-order valence-corrected chi connectivity index (χ4v) is 3.05. The van der Waals surface area contributed by atoms with Gasteiger partial charge in [-0.25, -0.2) is 0 Å².